The molecule has 0 bridgehead atoms. The number of nitrogens with one attached hydrogen (secondary N) is 1. The Balaban J connectivity index is 2.16. The van der Waals surface area contributed by atoms with Gasteiger partial charge in [-0.2, -0.15) is 0 Å². The highest BCUT2D eigenvalue weighted by Crippen LogP contribution is 2.22. The lowest BCUT2D eigenvalue weighted by Gasteiger charge is -2.11. The van der Waals surface area contributed by atoms with E-state index in [-0.39, 0.29) is 6.04 Å². The third kappa shape index (κ3) is 2.52. The lowest BCUT2D eigenvalue weighted by Crippen LogP contribution is -2.25. The number of sulfonamides is 1. The van der Waals surface area contributed by atoms with Crippen LogP contribution in [0, 0.1) is 0 Å². The lowest BCUT2D eigenvalue weighted by molar-refractivity contribution is 0.570. The van der Waals surface area contributed by atoms with Crippen LogP contribution in [-0.4, -0.2) is 8.42 Å². The third-order valence-electron chi connectivity index (χ3n) is 2.06. The highest BCUT2D eigenvalue weighted by atomic mass is 32.2. The maximum atomic E-state index is 11.9. The molecule has 0 spiro atoms. The van der Waals surface area contributed by atoms with Gasteiger partial charge in [0.25, 0.3) is 10.0 Å². The van der Waals surface area contributed by atoms with Gasteiger partial charge in [-0.3, -0.25) is 0 Å². The fraction of sp³-hybridized carbons (Fsp3) is 0.200. The van der Waals surface area contributed by atoms with Gasteiger partial charge in [0, 0.05) is 4.88 Å². The molecule has 2 aromatic heterocycles. The average Bonchev–Trinajstić information content (AvgIpc) is 2.91. The van der Waals surface area contributed by atoms with Gasteiger partial charge in [-0.05, 0) is 29.8 Å². The van der Waals surface area contributed by atoms with Crippen LogP contribution in [0.5, 0.6) is 0 Å². The predicted molar refractivity (Wildman–Crippen MR) is 67.4 cm³/mol. The van der Waals surface area contributed by atoms with Gasteiger partial charge in [0.1, 0.15) is 4.21 Å². The van der Waals surface area contributed by atoms with Crippen LogP contribution < -0.4 is 4.72 Å². The van der Waals surface area contributed by atoms with E-state index >= 15 is 0 Å². The SMILES string of the molecule is C[C@@H](NS(=O)(=O)c1cccs1)c1cccs1. The maximum Gasteiger partial charge on any atom is 0.250 e. The van der Waals surface area contributed by atoms with Crippen molar-refractivity contribution in [2.24, 2.45) is 0 Å². The second-order valence-corrected chi connectivity index (χ2v) is 7.16. The average molecular weight is 273 g/mol. The monoisotopic (exact) mass is 273 g/mol. The molecule has 0 saturated carbocycles. The van der Waals surface area contributed by atoms with Crippen LogP contribution in [0.4, 0.5) is 0 Å². The Morgan fingerprint density at radius 1 is 1.19 bits per heavy atom. The smallest absolute Gasteiger partial charge is 0.206 e. The number of hydrogen-bond acceptors (Lipinski definition) is 4. The molecular weight excluding hydrogens is 262 g/mol. The predicted octanol–water partition coefficient (Wildman–Crippen LogP) is 2.85. The molecule has 2 rings (SSSR count). The molecule has 1 atom stereocenters. The minimum absolute atomic E-state index is 0.188. The Morgan fingerprint density at radius 2 is 1.88 bits per heavy atom. The molecule has 0 fully saturated rings. The summed E-state index contributed by atoms with van der Waals surface area (Å²) < 4.78 is 26.8. The highest BCUT2D eigenvalue weighted by Gasteiger charge is 2.19. The van der Waals surface area contributed by atoms with Crippen LogP contribution in [0.25, 0.3) is 0 Å². The van der Waals surface area contributed by atoms with Gasteiger partial charge in [-0.15, -0.1) is 22.7 Å². The second-order valence-electron chi connectivity index (χ2n) is 3.29. The van der Waals surface area contributed by atoms with Crippen LogP contribution in [0.3, 0.4) is 0 Å². The van der Waals surface area contributed by atoms with Gasteiger partial charge in [0.05, 0.1) is 6.04 Å². The summed E-state index contributed by atoms with van der Waals surface area (Å²) in [4.78, 5) is 1.01. The lowest BCUT2D eigenvalue weighted by atomic mass is 10.3. The van der Waals surface area contributed by atoms with E-state index in [0.717, 1.165) is 4.88 Å². The van der Waals surface area contributed by atoms with Gasteiger partial charge >= 0.3 is 0 Å². The van der Waals surface area contributed by atoms with Crippen molar-refractivity contribution < 1.29 is 8.42 Å². The van der Waals surface area contributed by atoms with E-state index in [2.05, 4.69) is 4.72 Å². The zero-order valence-electron chi connectivity index (χ0n) is 8.58. The van der Waals surface area contributed by atoms with Crippen LogP contribution >= 0.6 is 22.7 Å². The first-order valence-electron chi connectivity index (χ1n) is 4.69. The Labute approximate surface area is 103 Å². The Kier molecular flexibility index (Phi) is 3.44. The van der Waals surface area contributed by atoms with Crippen LogP contribution in [0.15, 0.2) is 39.2 Å². The Morgan fingerprint density at radius 3 is 2.44 bits per heavy atom. The molecule has 6 heteroatoms. The molecule has 2 heterocycles. The van der Waals surface area contributed by atoms with Crippen LogP contribution in [0.2, 0.25) is 0 Å². The fourth-order valence-corrected chi connectivity index (χ4v) is 4.34. The van der Waals surface area contributed by atoms with E-state index in [1.807, 2.05) is 24.4 Å². The molecule has 0 aliphatic rings. The molecule has 0 amide bonds. The molecular formula is C10H11NO2S3. The van der Waals surface area contributed by atoms with Gasteiger partial charge < -0.3 is 0 Å². The molecule has 16 heavy (non-hydrogen) atoms. The van der Waals surface area contributed by atoms with Crippen LogP contribution in [0.1, 0.15) is 17.8 Å². The van der Waals surface area contributed by atoms with Crippen molar-refractivity contribution in [3.63, 3.8) is 0 Å². The van der Waals surface area contributed by atoms with Gasteiger partial charge in [-0.1, -0.05) is 12.1 Å². The third-order valence-corrected chi connectivity index (χ3v) is 6.06. The normalized spacial score (nSPS) is 13.8. The van der Waals surface area contributed by atoms with E-state index in [4.69, 9.17) is 0 Å². The van der Waals surface area contributed by atoms with Gasteiger partial charge in [-0.25, -0.2) is 13.1 Å². The minimum Gasteiger partial charge on any atom is -0.206 e. The van der Waals surface area contributed by atoms with Crippen molar-refractivity contribution >= 4 is 32.7 Å². The zero-order chi connectivity index (χ0) is 11.6. The number of hydrogen-bond donors (Lipinski definition) is 1. The molecule has 0 radical (unpaired) electrons. The Bertz CT molecular complexity index is 529. The highest BCUT2D eigenvalue weighted by molar-refractivity contribution is 7.91. The molecule has 0 saturated heterocycles. The summed E-state index contributed by atoms with van der Waals surface area (Å²) in [5, 5.41) is 3.69. The van der Waals surface area contributed by atoms with Crippen LogP contribution in [-0.2, 0) is 10.0 Å². The first-order valence-corrected chi connectivity index (χ1v) is 7.93. The number of rotatable bonds is 4. The van der Waals surface area contributed by atoms with E-state index in [1.54, 1.807) is 28.8 Å². The Hall–Kier alpha value is -0.690. The standard InChI is InChI=1S/C10H11NO2S3/c1-8(9-4-2-6-14-9)11-16(12,13)10-5-3-7-15-10/h2-8,11H,1H3/t8-/m1/s1. The molecule has 0 aliphatic carbocycles. The van der Waals surface area contributed by atoms with E-state index < -0.39 is 10.0 Å². The summed E-state index contributed by atoms with van der Waals surface area (Å²) in [6, 6.07) is 6.98. The number of thiophene rings is 2. The van der Waals surface area contributed by atoms with Crippen molar-refractivity contribution in [2.45, 2.75) is 17.2 Å². The topological polar surface area (TPSA) is 46.2 Å². The van der Waals surface area contributed by atoms with Gasteiger partial charge in [0.2, 0.25) is 0 Å². The molecule has 0 unspecified atom stereocenters. The zero-order valence-corrected chi connectivity index (χ0v) is 11.0. The fourth-order valence-electron chi connectivity index (χ4n) is 1.30. The molecule has 0 aliphatic heterocycles. The molecule has 0 aromatic carbocycles. The van der Waals surface area contributed by atoms with Crippen molar-refractivity contribution in [3.8, 4) is 0 Å². The summed E-state index contributed by atoms with van der Waals surface area (Å²) in [5.74, 6) is 0. The summed E-state index contributed by atoms with van der Waals surface area (Å²) in [6.45, 7) is 1.84. The summed E-state index contributed by atoms with van der Waals surface area (Å²) in [7, 11) is -3.37. The molecule has 1 N–H and O–H groups in total. The maximum absolute atomic E-state index is 11.9. The molecule has 3 nitrogen and oxygen atoms in total. The van der Waals surface area contributed by atoms with Crippen molar-refractivity contribution in [1.29, 1.82) is 0 Å². The summed E-state index contributed by atoms with van der Waals surface area (Å²) >= 11 is 2.77. The van der Waals surface area contributed by atoms with E-state index in [0.29, 0.717) is 4.21 Å². The minimum atomic E-state index is -3.37. The first kappa shape index (κ1) is 11.8. The van der Waals surface area contributed by atoms with E-state index in [9.17, 15) is 8.42 Å². The second kappa shape index (κ2) is 4.67. The first-order chi connectivity index (χ1) is 7.59. The largest absolute Gasteiger partial charge is 0.250 e. The quantitative estimate of drug-likeness (QED) is 0.931. The summed E-state index contributed by atoms with van der Waals surface area (Å²) in [6.07, 6.45) is 0. The summed E-state index contributed by atoms with van der Waals surface area (Å²) in [5.41, 5.74) is 0. The molecule has 86 valence electrons. The molecule has 2 aromatic rings. The van der Waals surface area contributed by atoms with Crippen molar-refractivity contribution in [1.82, 2.24) is 4.72 Å². The van der Waals surface area contributed by atoms with E-state index in [1.165, 1.54) is 11.3 Å². The van der Waals surface area contributed by atoms with Gasteiger partial charge in [0.15, 0.2) is 0 Å². The van der Waals surface area contributed by atoms with Crippen molar-refractivity contribution in [3.05, 3.63) is 39.9 Å². The van der Waals surface area contributed by atoms with Crippen molar-refractivity contribution in [2.75, 3.05) is 0 Å².